The first kappa shape index (κ1) is 21.0. The molecule has 0 spiro atoms. The van der Waals surface area contributed by atoms with Gasteiger partial charge in [0.1, 0.15) is 11.9 Å². The molecule has 0 saturated heterocycles. The number of nitrogens with one attached hydrogen (secondary N) is 4. The van der Waals surface area contributed by atoms with Gasteiger partial charge in [0.25, 0.3) is 0 Å². The van der Waals surface area contributed by atoms with Gasteiger partial charge in [-0.2, -0.15) is 0 Å². The van der Waals surface area contributed by atoms with Gasteiger partial charge in [-0.05, 0) is 44.2 Å². The maximum Gasteiger partial charge on any atom is 0.166 e. The highest BCUT2D eigenvalue weighted by Crippen LogP contribution is 2.33. The third-order valence-electron chi connectivity index (χ3n) is 4.78. The molecule has 156 valence electrons. The summed E-state index contributed by atoms with van der Waals surface area (Å²) >= 11 is 0. The van der Waals surface area contributed by atoms with Gasteiger partial charge < -0.3 is 31.9 Å². The normalized spacial score (nSPS) is 20.1. The number of anilines is 1. The molecule has 7 nitrogen and oxygen atoms in total. The van der Waals surface area contributed by atoms with Crippen molar-refractivity contribution < 1.29 is 9.13 Å². The predicted molar refractivity (Wildman–Crippen MR) is 118 cm³/mol. The zero-order chi connectivity index (χ0) is 21.7. The lowest BCUT2D eigenvalue weighted by Gasteiger charge is -2.24. The van der Waals surface area contributed by atoms with Crippen LogP contribution in [0.5, 0.6) is 5.75 Å². The topological polar surface area (TPSA) is 120 Å². The van der Waals surface area contributed by atoms with E-state index in [1.165, 1.54) is 18.3 Å². The second-order valence-electron chi connectivity index (χ2n) is 6.77. The van der Waals surface area contributed by atoms with Crippen LogP contribution in [0.1, 0.15) is 36.6 Å². The van der Waals surface area contributed by atoms with Crippen LogP contribution in [0.15, 0.2) is 42.1 Å². The van der Waals surface area contributed by atoms with Gasteiger partial charge in [-0.25, -0.2) is 9.37 Å². The zero-order valence-corrected chi connectivity index (χ0v) is 16.9. The molecule has 1 aromatic heterocycles. The summed E-state index contributed by atoms with van der Waals surface area (Å²) in [6.07, 6.45) is 5.13. The number of hydrogen-bond acceptors (Lipinski definition) is 7. The van der Waals surface area contributed by atoms with E-state index >= 15 is 0 Å². The molecule has 1 aliphatic heterocycles. The molecule has 0 radical (unpaired) electrons. The number of aromatic nitrogens is 1. The lowest BCUT2D eigenvalue weighted by molar-refractivity contribution is 0.226. The Balaban J connectivity index is 2.25. The first-order chi connectivity index (χ1) is 14.5. The average Bonchev–Trinajstić information content (AvgIpc) is 2.73. The molecule has 0 unspecified atom stereocenters. The molecule has 0 fully saturated rings. The number of halogens is 1. The summed E-state index contributed by atoms with van der Waals surface area (Å²) in [4.78, 5) is 4.25. The molecule has 0 aliphatic carbocycles. The first-order valence-corrected chi connectivity index (χ1v) is 9.63. The van der Waals surface area contributed by atoms with Crippen LogP contribution < -0.4 is 21.1 Å². The van der Waals surface area contributed by atoms with E-state index in [9.17, 15) is 4.39 Å². The maximum atomic E-state index is 14.1. The minimum absolute atomic E-state index is 0.223. The third-order valence-corrected chi connectivity index (χ3v) is 4.78. The number of nitrogen functional groups attached to an aromatic ring is 1. The van der Waals surface area contributed by atoms with Crippen molar-refractivity contribution in [3.8, 4) is 5.75 Å². The molecule has 2 aromatic rings. The van der Waals surface area contributed by atoms with Crippen molar-refractivity contribution in [2.75, 3.05) is 18.8 Å². The van der Waals surface area contributed by atoms with Crippen molar-refractivity contribution in [3.05, 3.63) is 64.6 Å². The number of fused-ring (bicyclic) bond motifs is 3. The molecule has 30 heavy (non-hydrogen) atoms. The van der Waals surface area contributed by atoms with Crippen LogP contribution in [0.4, 0.5) is 10.2 Å². The Bertz CT molecular complexity index is 1030. The van der Waals surface area contributed by atoms with Crippen LogP contribution in [-0.4, -0.2) is 30.5 Å². The van der Waals surface area contributed by atoms with E-state index < -0.39 is 6.10 Å². The Kier molecular flexibility index (Phi) is 6.46. The summed E-state index contributed by atoms with van der Waals surface area (Å²) in [6.45, 7) is 4.74. The number of nitrogens with zero attached hydrogens (tertiary/aromatic N) is 1. The van der Waals surface area contributed by atoms with Gasteiger partial charge in [0.05, 0.1) is 0 Å². The molecule has 6 N–H and O–H groups in total. The SMILES string of the molecule is CCN/C1=C(\C=N)CN/C(=C\C=N)c2ccc(F)cc2[C@@H](C)Oc2cc1cnc2N. The Morgan fingerprint density at radius 1 is 1.37 bits per heavy atom. The van der Waals surface area contributed by atoms with Crippen LogP contribution in [-0.2, 0) is 0 Å². The fourth-order valence-corrected chi connectivity index (χ4v) is 3.36. The highest BCUT2D eigenvalue weighted by molar-refractivity contribution is 5.90. The fourth-order valence-electron chi connectivity index (χ4n) is 3.36. The fraction of sp³-hybridized carbons (Fsp3) is 0.227. The van der Waals surface area contributed by atoms with Gasteiger partial charge in [0, 0.05) is 65.4 Å². The largest absolute Gasteiger partial charge is 0.482 e. The standard InChI is InChI=1S/C22H25FN6O/c1-3-27-21-14-8-20(22(26)29-11-14)30-13(2)18-9-16(23)4-5-17(18)19(6-7-24)28-12-15(21)10-25/h4-11,13,24-25,27-28H,3,12H2,1-2H3,(H2,26,29)/b19-6-,21-15+,24-7?,25-10?/t13-/m1/s1. The molecule has 2 heterocycles. The molecule has 0 saturated carbocycles. The summed E-state index contributed by atoms with van der Waals surface area (Å²) in [7, 11) is 0. The van der Waals surface area contributed by atoms with Crippen molar-refractivity contribution in [3.63, 3.8) is 0 Å². The Labute approximate surface area is 174 Å². The van der Waals surface area contributed by atoms with Gasteiger partial charge in [-0.3, -0.25) is 0 Å². The van der Waals surface area contributed by atoms with Gasteiger partial charge >= 0.3 is 0 Å². The average molecular weight is 408 g/mol. The number of ether oxygens (including phenoxy) is 1. The molecule has 1 atom stereocenters. The van der Waals surface area contributed by atoms with E-state index in [1.807, 2.05) is 13.8 Å². The molecule has 1 aromatic carbocycles. The molecular weight excluding hydrogens is 383 g/mol. The second kappa shape index (κ2) is 9.21. The maximum absolute atomic E-state index is 14.1. The predicted octanol–water partition coefficient (Wildman–Crippen LogP) is 3.51. The minimum atomic E-state index is -0.529. The van der Waals surface area contributed by atoms with E-state index in [0.29, 0.717) is 41.2 Å². The van der Waals surface area contributed by atoms with Gasteiger partial charge in [0.2, 0.25) is 0 Å². The lowest BCUT2D eigenvalue weighted by Crippen LogP contribution is -2.23. The second-order valence-corrected chi connectivity index (χ2v) is 6.77. The summed E-state index contributed by atoms with van der Waals surface area (Å²) in [6, 6.07) is 6.20. The quantitative estimate of drug-likeness (QED) is 0.496. The van der Waals surface area contributed by atoms with E-state index in [1.54, 1.807) is 24.4 Å². The van der Waals surface area contributed by atoms with Gasteiger partial charge in [0.15, 0.2) is 11.6 Å². The number of hydrogen-bond donors (Lipinski definition) is 5. The number of allylic oxidation sites excluding steroid dienone is 1. The van der Waals surface area contributed by atoms with Crippen molar-refractivity contribution in [1.82, 2.24) is 15.6 Å². The summed E-state index contributed by atoms with van der Waals surface area (Å²) in [5.74, 6) is 0.210. The smallest absolute Gasteiger partial charge is 0.166 e. The highest BCUT2D eigenvalue weighted by Gasteiger charge is 2.20. The van der Waals surface area contributed by atoms with Gasteiger partial charge in [-0.15, -0.1) is 0 Å². The van der Waals surface area contributed by atoms with E-state index in [-0.39, 0.29) is 11.6 Å². The van der Waals surface area contributed by atoms with Crippen molar-refractivity contribution >= 4 is 29.6 Å². The molecule has 2 bridgehead atoms. The Hall–Kier alpha value is -3.68. The summed E-state index contributed by atoms with van der Waals surface area (Å²) in [5.41, 5.74) is 10.1. The summed E-state index contributed by atoms with van der Waals surface area (Å²) in [5, 5.41) is 22.0. The lowest BCUT2D eigenvalue weighted by atomic mass is 9.99. The molecule has 8 heteroatoms. The van der Waals surface area contributed by atoms with Crippen molar-refractivity contribution in [1.29, 1.82) is 10.8 Å². The Morgan fingerprint density at radius 2 is 2.17 bits per heavy atom. The third kappa shape index (κ3) is 4.32. The highest BCUT2D eigenvalue weighted by atomic mass is 19.1. The van der Waals surface area contributed by atoms with Crippen LogP contribution in [0.2, 0.25) is 0 Å². The molecule has 3 rings (SSSR count). The van der Waals surface area contributed by atoms with Crippen LogP contribution in [0.25, 0.3) is 11.4 Å². The molecular formula is C22H25FN6O. The van der Waals surface area contributed by atoms with Crippen LogP contribution in [0.3, 0.4) is 0 Å². The molecule has 1 aliphatic rings. The monoisotopic (exact) mass is 408 g/mol. The number of benzene rings is 1. The van der Waals surface area contributed by atoms with Crippen molar-refractivity contribution in [2.24, 2.45) is 0 Å². The first-order valence-electron chi connectivity index (χ1n) is 9.63. The number of nitrogens with two attached hydrogens (primary N) is 1. The van der Waals surface area contributed by atoms with Gasteiger partial charge in [-0.1, -0.05) is 0 Å². The van der Waals surface area contributed by atoms with Crippen LogP contribution in [0, 0.1) is 16.6 Å². The van der Waals surface area contributed by atoms with E-state index in [2.05, 4.69) is 15.6 Å². The van der Waals surface area contributed by atoms with Crippen LogP contribution >= 0.6 is 0 Å². The Morgan fingerprint density at radius 3 is 2.87 bits per heavy atom. The molecule has 0 amide bonds. The zero-order valence-electron chi connectivity index (χ0n) is 16.9. The van der Waals surface area contributed by atoms with E-state index in [0.717, 1.165) is 17.5 Å². The van der Waals surface area contributed by atoms with E-state index in [4.69, 9.17) is 21.3 Å². The minimum Gasteiger partial charge on any atom is -0.482 e. The summed E-state index contributed by atoms with van der Waals surface area (Å²) < 4.78 is 20.2. The number of rotatable bonds is 4. The van der Waals surface area contributed by atoms with Crippen molar-refractivity contribution in [2.45, 2.75) is 20.0 Å². The number of pyridine rings is 1.